The summed E-state index contributed by atoms with van der Waals surface area (Å²) in [7, 11) is -3.89. The van der Waals surface area contributed by atoms with Gasteiger partial charge in [0.2, 0.25) is 0 Å². The number of carbonyl (C=O) groups is 1. The van der Waals surface area contributed by atoms with Crippen molar-refractivity contribution < 1.29 is 17.4 Å². The van der Waals surface area contributed by atoms with E-state index in [1.807, 2.05) is 6.92 Å². The van der Waals surface area contributed by atoms with Gasteiger partial charge in [0.15, 0.2) is 0 Å². The molecule has 0 radical (unpaired) electrons. The molecule has 4 saturated carbocycles. The fourth-order valence-electron chi connectivity index (χ4n) is 8.10. The van der Waals surface area contributed by atoms with E-state index in [0.717, 1.165) is 30.7 Å². The molecule has 4 aliphatic carbocycles. The highest BCUT2D eigenvalue weighted by Gasteiger charge is 2.63. The van der Waals surface area contributed by atoms with Crippen molar-refractivity contribution in [2.45, 2.75) is 89.6 Å². The standard InChI is InChI=1S/C26H36O4S/c1-17-7-10-19(11-8-17)31(28,29)30-23-16-22(27)24-20-12-9-18-6-4-5-14-25(18,2)21(20)13-15-26(23,24)3/h7-8,10-11,18,20-21,23-24H,4-6,9,12-16H2,1-3H3. The Kier molecular flexibility index (Phi) is 5.17. The Morgan fingerprint density at radius 1 is 0.935 bits per heavy atom. The van der Waals surface area contributed by atoms with E-state index in [4.69, 9.17) is 4.18 Å². The van der Waals surface area contributed by atoms with Crippen molar-refractivity contribution in [1.29, 1.82) is 0 Å². The molecule has 5 heteroatoms. The van der Waals surface area contributed by atoms with Crippen LogP contribution in [0.25, 0.3) is 0 Å². The number of benzene rings is 1. The van der Waals surface area contributed by atoms with Crippen LogP contribution in [0.15, 0.2) is 29.2 Å². The van der Waals surface area contributed by atoms with Crippen molar-refractivity contribution in [2.75, 3.05) is 0 Å². The molecule has 0 heterocycles. The minimum atomic E-state index is -3.89. The summed E-state index contributed by atoms with van der Waals surface area (Å²) in [5, 5.41) is 0. The van der Waals surface area contributed by atoms with Crippen LogP contribution in [-0.4, -0.2) is 20.3 Å². The van der Waals surface area contributed by atoms with Crippen molar-refractivity contribution in [3.8, 4) is 0 Å². The number of Topliss-reactive ketones (excluding diaryl/α,β-unsaturated/α-hetero) is 1. The molecule has 4 aliphatic rings. The van der Waals surface area contributed by atoms with Crippen LogP contribution < -0.4 is 0 Å². The number of hydrogen-bond donors (Lipinski definition) is 0. The second kappa shape index (κ2) is 7.41. The van der Waals surface area contributed by atoms with Gasteiger partial charge in [0, 0.05) is 17.8 Å². The first-order chi connectivity index (χ1) is 14.6. The Morgan fingerprint density at radius 3 is 2.42 bits per heavy atom. The zero-order valence-corrected chi connectivity index (χ0v) is 19.9. The van der Waals surface area contributed by atoms with E-state index in [2.05, 4.69) is 13.8 Å². The minimum Gasteiger partial charge on any atom is -0.299 e. The molecule has 1 aromatic rings. The van der Waals surface area contributed by atoms with Crippen LogP contribution in [0.2, 0.25) is 0 Å². The second-order valence-electron chi connectivity index (χ2n) is 11.3. The van der Waals surface area contributed by atoms with Crippen molar-refractivity contribution in [3.63, 3.8) is 0 Å². The molecule has 7 atom stereocenters. The average molecular weight is 445 g/mol. The molecule has 1 aromatic carbocycles. The summed E-state index contributed by atoms with van der Waals surface area (Å²) < 4.78 is 31.9. The van der Waals surface area contributed by atoms with Gasteiger partial charge in [0.25, 0.3) is 10.1 Å². The van der Waals surface area contributed by atoms with E-state index in [1.165, 1.54) is 32.1 Å². The highest BCUT2D eigenvalue weighted by Crippen LogP contribution is 2.66. The lowest BCUT2D eigenvalue weighted by atomic mass is 9.45. The lowest BCUT2D eigenvalue weighted by Crippen LogP contribution is -2.54. The van der Waals surface area contributed by atoms with E-state index >= 15 is 0 Å². The van der Waals surface area contributed by atoms with Gasteiger partial charge in [0.05, 0.1) is 11.0 Å². The van der Waals surface area contributed by atoms with Crippen LogP contribution in [0.4, 0.5) is 0 Å². The molecule has 0 bridgehead atoms. The van der Waals surface area contributed by atoms with Crippen molar-refractivity contribution in [2.24, 2.45) is 34.5 Å². The fourth-order valence-corrected chi connectivity index (χ4v) is 9.27. The van der Waals surface area contributed by atoms with Crippen molar-refractivity contribution in [1.82, 2.24) is 0 Å². The third kappa shape index (κ3) is 3.33. The van der Waals surface area contributed by atoms with Gasteiger partial charge in [0.1, 0.15) is 5.78 Å². The molecule has 170 valence electrons. The van der Waals surface area contributed by atoms with Gasteiger partial charge in [-0.15, -0.1) is 0 Å². The molecule has 0 aromatic heterocycles. The highest BCUT2D eigenvalue weighted by atomic mass is 32.2. The normalized spacial score (nSPS) is 42.5. The SMILES string of the molecule is Cc1ccc(S(=O)(=O)OC2CC(=O)C3C4CCC5CCCCC5(C)C4CCC23C)cc1. The Balaban J connectivity index is 1.41. The third-order valence-corrected chi connectivity index (χ3v) is 11.2. The predicted molar refractivity (Wildman–Crippen MR) is 120 cm³/mol. The van der Waals surface area contributed by atoms with Gasteiger partial charge >= 0.3 is 0 Å². The second-order valence-corrected chi connectivity index (χ2v) is 12.9. The summed E-state index contributed by atoms with van der Waals surface area (Å²) in [6.07, 6.45) is 9.32. The summed E-state index contributed by atoms with van der Waals surface area (Å²) in [5.74, 6) is 1.97. The summed E-state index contributed by atoms with van der Waals surface area (Å²) in [4.78, 5) is 13.5. The molecule has 0 amide bonds. The molecular weight excluding hydrogens is 408 g/mol. The van der Waals surface area contributed by atoms with Crippen LogP contribution in [0.5, 0.6) is 0 Å². The first-order valence-electron chi connectivity index (χ1n) is 12.2. The van der Waals surface area contributed by atoms with Gasteiger partial charge in [-0.25, -0.2) is 0 Å². The zero-order valence-electron chi connectivity index (χ0n) is 19.1. The summed E-state index contributed by atoms with van der Waals surface area (Å²) >= 11 is 0. The Morgan fingerprint density at radius 2 is 1.68 bits per heavy atom. The van der Waals surface area contributed by atoms with Gasteiger partial charge in [-0.3, -0.25) is 8.98 Å². The first-order valence-corrected chi connectivity index (χ1v) is 13.6. The highest BCUT2D eigenvalue weighted by molar-refractivity contribution is 7.86. The maximum atomic E-state index is 13.3. The fraction of sp³-hybridized carbons (Fsp3) is 0.731. The Labute approximate surface area is 187 Å². The maximum absolute atomic E-state index is 13.3. The number of carbonyl (C=O) groups excluding carboxylic acids is 1. The monoisotopic (exact) mass is 444 g/mol. The van der Waals surface area contributed by atoms with Gasteiger partial charge in [-0.2, -0.15) is 8.42 Å². The van der Waals surface area contributed by atoms with Crippen LogP contribution in [0.1, 0.15) is 77.2 Å². The summed E-state index contributed by atoms with van der Waals surface area (Å²) in [6, 6.07) is 6.77. The van der Waals surface area contributed by atoms with Gasteiger partial charge in [-0.1, -0.05) is 44.4 Å². The van der Waals surface area contributed by atoms with Crippen LogP contribution >= 0.6 is 0 Å². The average Bonchev–Trinajstić information content (AvgIpc) is 2.97. The topological polar surface area (TPSA) is 60.4 Å². The molecule has 4 nitrogen and oxygen atoms in total. The third-order valence-electron chi connectivity index (χ3n) is 9.82. The van der Waals surface area contributed by atoms with Crippen molar-refractivity contribution >= 4 is 15.9 Å². The lowest BCUT2D eigenvalue weighted by Gasteiger charge is -2.59. The molecule has 0 spiro atoms. The molecule has 7 unspecified atom stereocenters. The Bertz CT molecular complexity index is 968. The number of rotatable bonds is 3. The van der Waals surface area contributed by atoms with E-state index in [-0.39, 0.29) is 28.4 Å². The number of hydrogen-bond acceptors (Lipinski definition) is 4. The molecule has 0 saturated heterocycles. The van der Waals surface area contributed by atoms with E-state index in [0.29, 0.717) is 17.3 Å². The molecule has 0 N–H and O–H groups in total. The quantitative estimate of drug-likeness (QED) is 0.563. The summed E-state index contributed by atoms with van der Waals surface area (Å²) in [6.45, 7) is 6.55. The molecule has 5 rings (SSSR count). The lowest BCUT2D eigenvalue weighted by molar-refractivity contribution is -0.141. The zero-order chi connectivity index (χ0) is 22.0. The van der Waals surface area contributed by atoms with Gasteiger partial charge < -0.3 is 0 Å². The van der Waals surface area contributed by atoms with E-state index in [9.17, 15) is 13.2 Å². The van der Waals surface area contributed by atoms with Crippen molar-refractivity contribution in [3.05, 3.63) is 29.8 Å². The molecule has 31 heavy (non-hydrogen) atoms. The van der Waals surface area contributed by atoms with Crippen LogP contribution in [0, 0.1) is 41.4 Å². The Hall–Kier alpha value is -1.20. The molecule has 4 fully saturated rings. The number of fused-ring (bicyclic) bond motifs is 5. The smallest absolute Gasteiger partial charge is 0.297 e. The number of aryl methyl sites for hydroxylation is 1. The number of ketones is 1. The largest absolute Gasteiger partial charge is 0.299 e. The predicted octanol–water partition coefficient (Wildman–Crippen LogP) is 5.68. The first kappa shape index (κ1) is 21.6. The molecular formula is C26H36O4S. The van der Waals surface area contributed by atoms with Crippen LogP contribution in [-0.2, 0) is 19.1 Å². The summed E-state index contributed by atoms with van der Waals surface area (Å²) in [5.41, 5.74) is 0.982. The van der Waals surface area contributed by atoms with Crippen LogP contribution in [0.3, 0.4) is 0 Å². The van der Waals surface area contributed by atoms with E-state index in [1.54, 1.807) is 24.3 Å². The van der Waals surface area contributed by atoms with Gasteiger partial charge in [-0.05, 0) is 80.8 Å². The minimum absolute atomic E-state index is 0.0517. The van der Waals surface area contributed by atoms with E-state index < -0.39 is 16.2 Å². The maximum Gasteiger partial charge on any atom is 0.297 e. The molecule has 0 aliphatic heterocycles.